The second kappa shape index (κ2) is 3.93. The number of nitriles is 2. The van der Waals surface area contributed by atoms with Gasteiger partial charge in [-0.05, 0) is 30.8 Å². The summed E-state index contributed by atoms with van der Waals surface area (Å²) >= 11 is 0. The van der Waals surface area contributed by atoms with Gasteiger partial charge in [0.1, 0.15) is 17.7 Å². The zero-order valence-corrected chi connectivity index (χ0v) is 7.30. The molecule has 1 saturated carbocycles. The molecule has 0 radical (unpaired) electrons. The summed E-state index contributed by atoms with van der Waals surface area (Å²) < 4.78 is 0. The highest BCUT2D eigenvalue weighted by Crippen LogP contribution is 2.30. The molecule has 2 nitrogen and oxygen atoms in total. The Labute approximate surface area is 73.1 Å². The maximum Gasteiger partial charge on any atom is 0.129 e. The zero-order chi connectivity index (χ0) is 8.97. The van der Waals surface area contributed by atoms with Crippen molar-refractivity contribution in [3.63, 3.8) is 0 Å². The van der Waals surface area contributed by atoms with Crippen molar-refractivity contribution in [1.82, 2.24) is 0 Å². The highest BCUT2D eigenvalue weighted by Gasteiger charge is 2.17. The minimum absolute atomic E-state index is 0.349. The first-order valence-electron chi connectivity index (χ1n) is 4.33. The Morgan fingerprint density at radius 3 is 2.50 bits per heavy atom. The van der Waals surface area contributed by atoms with E-state index in [1.54, 1.807) is 0 Å². The molecule has 1 atom stereocenters. The van der Waals surface area contributed by atoms with Gasteiger partial charge in [0.25, 0.3) is 0 Å². The summed E-state index contributed by atoms with van der Waals surface area (Å²) in [5.41, 5.74) is 1.42. The average Bonchev–Trinajstić information content (AvgIpc) is 2.10. The van der Waals surface area contributed by atoms with Crippen LogP contribution in [0.2, 0.25) is 0 Å². The van der Waals surface area contributed by atoms with Gasteiger partial charge in [-0.1, -0.05) is 13.3 Å². The van der Waals surface area contributed by atoms with E-state index in [-0.39, 0.29) is 0 Å². The lowest BCUT2D eigenvalue weighted by atomic mass is 9.83. The SMILES string of the molecule is C[C@H]1CCCCC1=C(C#N)C#N. The van der Waals surface area contributed by atoms with Crippen LogP contribution >= 0.6 is 0 Å². The van der Waals surface area contributed by atoms with Crippen LogP contribution in [0.5, 0.6) is 0 Å². The van der Waals surface area contributed by atoms with Crippen molar-refractivity contribution in [3.8, 4) is 12.1 Å². The Bertz CT molecular complexity index is 259. The average molecular weight is 160 g/mol. The molecule has 0 saturated heterocycles. The van der Waals surface area contributed by atoms with Gasteiger partial charge >= 0.3 is 0 Å². The van der Waals surface area contributed by atoms with Crippen LogP contribution in [0.4, 0.5) is 0 Å². The van der Waals surface area contributed by atoms with Crippen molar-refractivity contribution in [2.45, 2.75) is 32.6 Å². The molecule has 0 aromatic heterocycles. The van der Waals surface area contributed by atoms with E-state index in [4.69, 9.17) is 10.5 Å². The van der Waals surface area contributed by atoms with Crippen LogP contribution in [0.25, 0.3) is 0 Å². The molecule has 0 N–H and O–H groups in total. The second-order valence-electron chi connectivity index (χ2n) is 3.27. The molecular formula is C10H12N2. The summed E-state index contributed by atoms with van der Waals surface area (Å²) in [6.45, 7) is 2.10. The quantitative estimate of drug-likeness (QED) is 0.511. The van der Waals surface area contributed by atoms with Crippen LogP contribution in [0.1, 0.15) is 32.6 Å². The predicted molar refractivity (Wildman–Crippen MR) is 45.9 cm³/mol. The molecule has 1 aliphatic rings. The van der Waals surface area contributed by atoms with E-state index in [9.17, 15) is 0 Å². The van der Waals surface area contributed by atoms with Gasteiger partial charge in [-0.15, -0.1) is 0 Å². The van der Waals surface area contributed by atoms with Gasteiger partial charge < -0.3 is 0 Å². The molecule has 0 aromatic carbocycles. The smallest absolute Gasteiger partial charge is 0.129 e. The van der Waals surface area contributed by atoms with Gasteiger partial charge in [0.15, 0.2) is 0 Å². The Morgan fingerprint density at radius 1 is 1.33 bits per heavy atom. The van der Waals surface area contributed by atoms with Crippen molar-refractivity contribution in [2.75, 3.05) is 0 Å². The largest absolute Gasteiger partial charge is 0.192 e. The first kappa shape index (κ1) is 8.81. The van der Waals surface area contributed by atoms with Crippen molar-refractivity contribution in [1.29, 1.82) is 10.5 Å². The monoisotopic (exact) mass is 160 g/mol. The minimum atomic E-state index is 0.349. The number of nitrogens with zero attached hydrogens (tertiary/aromatic N) is 2. The van der Waals surface area contributed by atoms with Crippen LogP contribution in [0, 0.1) is 28.6 Å². The molecule has 0 unspecified atom stereocenters. The standard InChI is InChI=1S/C10H12N2/c1-8-4-2-3-5-10(8)9(6-11)7-12/h8H,2-5H2,1H3/t8-/m0/s1. The fourth-order valence-corrected chi connectivity index (χ4v) is 1.73. The van der Waals surface area contributed by atoms with E-state index >= 15 is 0 Å². The first-order chi connectivity index (χ1) is 5.79. The Balaban J connectivity index is 2.92. The molecule has 0 bridgehead atoms. The molecule has 2 heteroatoms. The van der Waals surface area contributed by atoms with Crippen LogP contribution in [-0.4, -0.2) is 0 Å². The van der Waals surface area contributed by atoms with Crippen LogP contribution in [0.15, 0.2) is 11.1 Å². The molecule has 0 amide bonds. The Kier molecular flexibility index (Phi) is 2.88. The van der Waals surface area contributed by atoms with E-state index in [1.807, 2.05) is 12.1 Å². The highest BCUT2D eigenvalue weighted by atomic mass is 14.3. The molecule has 62 valence electrons. The molecule has 1 aliphatic carbocycles. The van der Waals surface area contributed by atoms with E-state index in [0.29, 0.717) is 11.5 Å². The zero-order valence-electron chi connectivity index (χ0n) is 7.30. The maximum absolute atomic E-state index is 8.67. The third kappa shape index (κ3) is 1.66. The molecule has 0 heterocycles. The number of hydrogen-bond acceptors (Lipinski definition) is 2. The Hall–Kier alpha value is -1.28. The van der Waals surface area contributed by atoms with Crippen molar-refractivity contribution < 1.29 is 0 Å². The summed E-state index contributed by atoms with van der Waals surface area (Å²) in [4.78, 5) is 0. The van der Waals surface area contributed by atoms with Gasteiger partial charge in [-0.25, -0.2) is 0 Å². The van der Waals surface area contributed by atoms with Gasteiger partial charge in [0, 0.05) is 0 Å². The molecule has 12 heavy (non-hydrogen) atoms. The Morgan fingerprint density at radius 2 is 2.00 bits per heavy atom. The molecule has 0 aromatic rings. The highest BCUT2D eigenvalue weighted by molar-refractivity contribution is 5.41. The third-order valence-corrected chi connectivity index (χ3v) is 2.47. The minimum Gasteiger partial charge on any atom is -0.192 e. The van der Waals surface area contributed by atoms with Crippen LogP contribution < -0.4 is 0 Å². The summed E-state index contributed by atoms with van der Waals surface area (Å²) in [5, 5.41) is 17.3. The summed E-state index contributed by atoms with van der Waals surface area (Å²) in [6.07, 6.45) is 4.43. The maximum atomic E-state index is 8.67. The van der Waals surface area contributed by atoms with Crippen molar-refractivity contribution in [2.24, 2.45) is 5.92 Å². The van der Waals surface area contributed by atoms with E-state index < -0.39 is 0 Å². The number of allylic oxidation sites excluding steroid dienone is 2. The van der Waals surface area contributed by atoms with E-state index in [1.165, 1.54) is 6.42 Å². The molecule has 1 fully saturated rings. The number of hydrogen-bond donors (Lipinski definition) is 0. The number of rotatable bonds is 0. The molecule has 0 spiro atoms. The normalized spacial score (nSPS) is 22.6. The van der Waals surface area contributed by atoms with Crippen LogP contribution in [-0.2, 0) is 0 Å². The van der Waals surface area contributed by atoms with Crippen LogP contribution in [0.3, 0.4) is 0 Å². The fraction of sp³-hybridized carbons (Fsp3) is 0.600. The van der Waals surface area contributed by atoms with E-state index in [0.717, 1.165) is 24.8 Å². The van der Waals surface area contributed by atoms with Gasteiger partial charge in [-0.3, -0.25) is 0 Å². The van der Waals surface area contributed by atoms with E-state index in [2.05, 4.69) is 6.92 Å². The van der Waals surface area contributed by atoms with Crippen molar-refractivity contribution in [3.05, 3.63) is 11.1 Å². The first-order valence-corrected chi connectivity index (χ1v) is 4.33. The third-order valence-electron chi connectivity index (χ3n) is 2.47. The lowest BCUT2D eigenvalue weighted by Gasteiger charge is -2.21. The predicted octanol–water partition coefficient (Wildman–Crippen LogP) is 2.54. The van der Waals surface area contributed by atoms with Crippen molar-refractivity contribution >= 4 is 0 Å². The van der Waals surface area contributed by atoms with Gasteiger partial charge in [0.2, 0.25) is 0 Å². The van der Waals surface area contributed by atoms with Gasteiger partial charge in [-0.2, -0.15) is 10.5 Å². The summed E-state index contributed by atoms with van der Waals surface area (Å²) in [7, 11) is 0. The molecule has 1 rings (SSSR count). The summed E-state index contributed by atoms with van der Waals surface area (Å²) in [5.74, 6) is 0.438. The fourth-order valence-electron chi connectivity index (χ4n) is 1.73. The molecular weight excluding hydrogens is 148 g/mol. The summed E-state index contributed by atoms with van der Waals surface area (Å²) in [6, 6.07) is 3.94. The topological polar surface area (TPSA) is 47.6 Å². The second-order valence-corrected chi connectivity index (χ2v) is 3.27. The van der Waals surface area contributed by atoms with Gasteiger partial charge in [0.05, 0.1) is 0 Å². The lowest BCUT2D eigenvalue weighted by Crippen LogP contribution is -2.07. The molecule has 0 aliphatic heterocycles. The lowest BCUT2D eigenvalue weighted by molar-refractivity contribution is 0.482.